The van der Waals surface area contributed by atoms with Crippen LogP contribution >= 0.6 is 11.3 Å². The number of carbonyl (C=O) groups is 1. The number of ether oxygens (including phenoxy) is 2. The number of hydrogen-bond donors (Lipinski definition) is 1. The van der Waals surface area contributed by atoms with Crippen LogP contribution in [0.5, 0.6) is 0 Å². The van der Waals surface area contributed by atoms with Crippen LogP contribution in [-0.2, 0) is 22.3 Å². The lowest BCUT2D eigenvalue weighted by molar-refractivity contribution is -0.0974. The molecule has 0 fully saturated rings. The highest BCUT2D eigenvalue weighted by atomic mass is 32.1. The molecule has 1 aliphatic carbocycles. The minimum atomic E-state index is -0.386. The van der Waals surface area contributed by atoms with E-state index in [0.717, 1.165) is 18.4 Å². The third-order valence-electron chi connectivity index (χ3n) is 3.26. The molecule has 0 saturated carbocycles. The van der Waals surface area contributed by atoms with E-state index in [9.17, 15) is 4.79 Å². The Morgan fingerprint density at radius 1 is 1.39 bits per heavy atom. The van der Waals surface area contributed by atoms with Crippen LogP contribution in [0.15, 0.2) is 5.38 Å². The van der Waals surface area contributed by atoms with Crippen molar-refractivity contribution in [2.24, 2.45) is 0 Å². The first-order chi connectivity index (χ1) is 8.76. The van der Waals surface area contributed by atoms with Crippen molar-refractivity contribution >= 4 is 17.2 Å². The van der Waals surface area contributed by atoms with Crippen LogP contribution in [0.3, 0.4) is 0 Å². The van der Waals surface area contributed by atoms with E-state index in [1.165, 1.54) is 23.3 Å². The van der Waals surface area contributed by atoms with Crippen molar-refractivity contribution in [2.75, 3.05) is 20.8 Å². The Labute approximate surface area is 111 Å². The first-order valence-electron chi connectivity index (χ1n) is 6.19. The Morgan fingerprint density at radius 3 is 2.83 bits per heavy atom. The fourth-order valence-electron chi connectivity index (χ4n) is 2.22. The van der Waals surface area contributed by atoms with Gasteiger partial charge in [0.25, 0.3) is 5.91 Å². The van der Waals surface area contributed by atoms with Crippen LogP contribution in [0.2, 0.25) is 0 Å². The average molecular weight is 269 g/mol. The van der Waals surface area contributed by atoms with Gasteiger partial charge in [-0.25, -0.2) is 0 Å². The second-order valence-electron chi connectivity index (χ2n) is 4.37. The van der Waals surface area contributed by atoms with Gasteiger partial charge in [-0.05, 0) is 31.2 Å². The number of amides is 1. The minimum absolute atomic E-state index is 0.0199. The van der Waals surface area contributed by atoms with Gasteiger partial charge in [-0.2, -0.15) is 0 Å². The molecule has 0 aromatic carbocycles. The topological polar surface area (TPSA) is 47.6 Å². The Balaban J connectivity index is 1.99. The zero-order valence-electron chi connectivity index (χ0n) is 10.8. The van der Waals surface area contributed by atoms with Crippen LogP contribution in [0.25, 0.3) is 0 Å². The Hall–Kier alpha value is -0.910. The zero-order valence-corrected chi connectivity index (χ0v) is 11.6. The molecule has 1 heterocycles. The summed E-state index contributed by atoms with van der Waals surface area (Å²) >= 11 is 1.70. The molecule has 0 unspecified atom stereocenters. The average Bonchev–Trinajstić information content (AvgIpc) is 2.83. The van der Waals surface area contributed by atoms with Crippen LogP contribution in [0, 0.1) is 0 Å². The summed E-state index contributed by atoms with van der Waals surface area (Å²) < 4.78 is 10.1. The van der Waals surface area contributed by atoms with E-state index in [-0.39, 0.29) is 12.2 Å². The van der Waals surface area contributed by atoms with Gasteiger partial charge in [0.1, 0.15) is 0 Å². The maximum absolute atomic E-state index is 12.1. The molecule has 100 valence electrons. The van der Waals surface area contributed by atoms with E-state index >= 15 is 0 Å². The summed E-state index contributed by atoms with van der Waals surface area (Å²) in [5.41, 5.74) is 2.08. The molecule has 1 N–H and O–H groups in total. The van der Waals surface area contributed by atoms with Crippen molar-refractivity contribution in [3.05, 3.63) is 21.4 Å². The molecule has 1 aliphatic rings. The number of hydrogen-bond acceptors (Lipinski definition) is 4. The summed E-state index contributed by atoms with van der Waals surface area (Å²) in [5, 5.41) is 4.83. The molecule has 0 saturated heterocycles. The van der Waals surface area contributed by atoms with Gasteiger partial charge < -0.3 is 14.8 Å². The van der Waals surface area contributed by atoms with Crippen LogP contribution in [0.1, 0.15) is 33.6 Å². The van der Waals surface area contributed by atoms with Crippen LogP contribution < -0.4 is 5.32 Å². The first kappa shape index (κ1) is 13.5. The van der Waals surface area contributed by atoms with Gasteiger partial charge in [0.15, 0.2) is 6.29 Å². The normalized spacial score (nSPS) is 14.6. The minimum Gasteiger partial charge on any atom is -0.354 e. The van der Waals surface area contributed by atoms with Gasteiger partial charge in [-0.1, -0.05) is 0 Å². The third-order valence-corrected chi connectivity index (χ3v) is 4.35. The Morgan fingerprint density at radius 2 is 2.11 bits per heavy atom. The summed E-state index contributed by atoms with van der Waals surface area (Å²) in [6.07, 6.45) is 4.18. The van der Waals surface area contributed by atoms with Crippen molar-refractivity contribution < 1.29 is 14.3 Å². The Bertz CT molecular complexity index is 412. The van der Waals surface area contributed by atoms with E-state index in [2.05, 4.69) is 5.32 Å². The van der Waals surface area contributed by atoms with Crippen LogP contribution in [0.4, 0.5) is 0 Å². The highest BCUT2D eigenvalue weighted by molar-refractivity contribution is 7.10. The van der Waals surface area contributed by atoms with E-state index < -0.39 is 0 Å². The lowest BCUT2D eigenvalue weighted by Crippen LogP contribution is -2.34. The predicted molar refractivity (Wildman–Crippen MR) is 71.1 cm³/mol. The molecular formula is C13H19NO3S. The van der Waals surface area contributed by atoms with E-state index in [4.69, 9.17) is 9.47 Å². The van der Waals surface area contributed by atoms with E-state index in [0.29, 0.717) is 6.54 Å². The van der Waals surface area contributed by atoms with E-state index in [1.54, 1.807) is 25.6 Å². The number of carbonyl (C=O) groups excluding carboxylic acids is 1. The molecule has 1 amide bonds. The molecule has 2 rings (SSSR count). The van der Waals surface area contributed by atoms with E-state index in [1.807, 2.05) is 5.38 Å². The molecule has 18 heavy (non-hydrogen) atoms. The van der Waals surface area contributed by atoms with Crippen molar-refractivity contribution in [1.29, 1.82) is 0 Å². The summed E-state index contributed by atoms with van der Waals surface area (Å²) in [5.74, 6) is -0.0199. The molecular weight excluding hydrogens is 250 g/mol. The third kappa shape index (κ3) is 2.91. The largest absolute Gasteiger partial charge is 0.354 e. The fourth-order valence-corrected chi connectivity index (χ4v) is 3.34. The molecule has 0 atom stereocenters. The highest BCUT2D eigenvalue weighted by Gasteiger charge is 2.20. The van der Waals surface area contributed by atoms with Crippen molar-refractivity contribution in [3.63, 3.8) is 0 Å². The predicted octanol–water partition coefficient (Wildman–Crippen LogP) is 1.98. The summed E-state index contributed by atoms with van der Waals surface area (Å²) in [6, 6.07) is 0. The van der Waals surface area contributed by atoms with Crippen molar-refractivity contribution in [1.82, 2.24) is 5.32 Å². The molecule has 0 aliphatic heterocycles. The molecule has 4 nitrogen and oxygen atoms in total. The van der Waals surface area contributed by atoms with Gasteiger partial charge in [0.05, 0.1) is 12.1 Å². The molecule has 0 bridgehead atoms. The molecule has 1 aromatic heterocycles. The maximum Gasteiger partial charge on any atom is 0.252 e. The van der Waals surface area contributed by atoms with Crippen molar-refractivity contribution in [3.8, 4) is 0 Å². The fraction of sp³-hybridized carbons (Fsp3) is 0.615. The van der Waals surface area contributed by atoms with Gasteiger partial charge >= 0.3 is 0 Å². The second-order valence-corrected chi connectivity index (χ2v) is 5.33. The number of rotatable bonds is 5. The SMILES string of the molecule is COC(CNC(=O)c1csc2c1CCCC2)OC. The smallest absolute Gasteiger partial charge is 0.252 e. The molecule has 5 heteroatoms. The summed E-state index contributed by atoms with van der Waals surface area (Å²) in [6.45, 7) is 0.371. The van der Waals surface area contributed by atoms with Gasteiger partial charge in [0, 0.05) is 24.5 Å². The molecule has 0 radical (unpaired) electrons. The summed E-state index contributed by atoms with van der Waals surface area (Å²) in [4.78, 5) is 13.5. The van der Waals surface area contributed by atoms with Crippen molar-refractivity contribution in [2.45, 2.75) is 32.0 Å². The lowest BCUT2D eigenvalue weighted by atomic mass is 9.96. The first-order valence-corrected chi connectivity index (χ1v) is 7.07. The van der Waals surface area contributed by atoms with Gasteiger partial charge in [-0.15, -0.1) is 11.3 Å². The maximum atomic E-state index is 12.1. The summed E-state index contributed by atoms with van der Waals surface area (Å²) in [7, 11) is 3.12. The number of methoxy groups -OCH3 is 2. The van der Waals surface area contributed by atoms with Crippen LogP contribution in [-0.4, -0.2) is 33.0 Å². The number of fused-ring (bicyclic) bond motifs is 1. The lowest BCUT2D eigenvalue weighted by Gasteiger charge is -2.15. The van der Waals surface area contributed by atoms with Gasteiger partial charge in [0.2, 0.25) is 0 Å². The second kappa shape index (κ2) is 6.31. The number of aryl methyl sites for hydroxylation is 1. The zero-order chi connectivity index (χ0) is 13.0. The standard InChI is InChI=1S/C13H19NO3S/c1-16-12(17-2)7-14-13(15)10-8-18-11-6-4-3-5-9(10)11/h8,12H,3-7H2,1-2H3,(H,14,15). The highest BCUT2D eigenvalue weighted by Crippen LogP contribution is 2.30. The number of thiophene rings is 1. The molecule has 0 spiro atoms. The monoisotopic (exact) mass is 269 g/mol. The van der Waals surface area contributed by atoms with Gasteiger partial charge in [-0.3, -0.25) is 4.79 Å². The number of nitrogens with one attached hydrogen (secondary N) is 1. The molecule has 1 aromatic rings. The quantitative estimate of drug-likeness (QED) is 0.831. The Kier molecular flexibility index (Phi) is 4.74.